The second-order valence-electron chi connectivity index (χ2n) is 13.1. The van der Waals surface area contributed by atoms with Crippen molar-refractivity contribution in [1.29, 1.82) is 0 Å². The van der Waals surface area contributed by atoms with E-state index in [-0.39, 0.29) is 30.9 Å². The van der Waals surface area contributed by atoms with Crippen molar-refractivity contribution in [1.82, 2.24) is 25.3 Å². The van der Waals surface area contributed by atoms with Gasteiger partial charge in [0, 0.05) is 13.0 Å². The Morgan fingerprint density at radius 2 is 1.63 bits per heavy atom. The van der Waals surface area contributed by atoms with Crippen molar-refractivity contribution in [3.05, 3.63) is 118 Å². The summed E-state index contributed by atoms with van der Waals surface area (Å²) < 4.78 is 11.4. The van der Waals surface area contributed by atoms with Gasteiger partial charge in [-0.15, -0.1) is 10.2 Å². The van der Waals surface area contributed by atoms with Crippen molar-refractivity contribution in [2.24, 2.45) is 5.92 Å². The second kappa shape index (κ2) is 14.8. The number of carbonyl (C=O) groups excluding carboxylic acids is 4. The molecule has 0 bridgehead atoms. The summed E-state index contributed by atoms with van der Waals surface area (Å²) in [7, 11) is 0. The number of benzene rings is 3. The minimum Gasteiger partial charge on any atom is -0.445 e. The van der Waals surface area contributed by atoms with E-state index in [0.717, 1.165) is 27.8 Å². The number of fused-ring (bicyclic) bond motifs is 1. The maximum absolute atomic E-state index is 14.3. The summed E-state index contributed by atoms with van der Waals surface area (Å²) in [5.41, 5.74) is 4.83. The first-order chi connectivity index (χ1) is 23.7. The van der Waals surface area contributed by atoms with E-state index in [1.54, 1.807) is 4.90 Å². The maximum atomic E-state index is 14.3. The van der Waals surface area contributed by atoms with Gasteiger partial charge in [0.2, 0.25) is 23.5 Å². The molecular formula is C38H41N5O6. The molecule has 6 rings (SSSR count). The van der Waals surface area contributed by atoms with Crippen LogP contribution in [0.15, 0.2) is 83.3 Å². The third-order valence-corrected chi connectivity index (χ3v) is 9.17. The first-order valence-electron chi connectivity index (χ1n) is 16.7. The molecule has 1 saturated heterocycles. The zero-order chi connectivity index (χ0) is 34.5. The van der Waals surface area contributed by atoms with E-state index in [9.17, 15) is 19.2 Å². The number of amides is 3. The summed E-state index contributed by atoms with van der Waals surface area (Å²) in [5.74, 6) is -1.42. The number of hydrogen-bond donors (Lipinski definition) is 1. The molecule has 3 amide bonds. The van der Waals surface area contributed by atoms with E-state index < -0.39 is 35.9 Å². The van der Waals surface area contributed by atoms with Gasteiger partial charge in [-0.1, -0.05) is 98.3 Å². The van der Waals surface area contributed by atoms with E-state index in [1.165, 1.54) is 4.90 Å². The van der Waals surface area contributed by atoms with Crippen LogP contribution in [0.5, 0.6) is 0 Å². The highest BCUT2D eigenvalue weighted by Gasteiger charge is 2.43. The van der Waals surface area contributed by atoms with E-state index in [0.29, 0.717) is 38.1 Å². The quantitative estimate of drug-likeness (QED) is 0.233. The molecule has 49 heavy (non-hydrogen) atoms. The molecule has 2 aliphatic rings. The Bertz CT molecular complexity index is 1820. The monoisotopic (exact) mass is 663 g/mol. The Kier molecular flexibility index (Phi) is 10.2. The number of ether oxygens (including phenoxy) is 1. The molecule has 1 unspecified atom stereocenters. The average Bonchev–Trinajstić information content (AvgIpc) is 3.79. The molecule has 4 aromatic rings. The Morgan fingerprint density at radius 3 is 2.39 bits per heavy atom. The summed E-state index contributed by atoms with van der Waals surface area (Å²) in [6.07, 6.45) is 1.12. The number of carbonyl (C=O) groups is 4. The van der Waals surface area contributed by atoms with Crippen molar-refractivity contribution < 1.29 is 28.3 Å². The number of aromatic nitrogens is 2. The second-order valence-corrected chi connectivity index (χ2v) is 13.1. The van der Waals surface area contributed by atoms with Gasteiger partial charge in [-0.2, -0.15) is 0 Å². The van der Waals surface area contributed by atoms with Crippen LogP contribution in [0.1, 0.15) is 71.1 Å². The van der Waals surface area contributed by atoms with Crippen LogP contribution in [-0.4, -0.2) is 68.4 Å². The third-order valence-electron chi connectivity index (χ3n) is 9.17. The molecule has 11 heteroatoms. The number of likely N-dealkylation sites (tertiary alicyclic amines) is 1. The highest BCUT2D eigenvalue weighted by Crippen LogP contribution is 2.28. The van der Waals surface area contributed by atoms with Gasteiger partial charge in [-0.25, -0.2) is 4.79 Å². The Morgan fingerprint density at radius 1 is 0.898 bits per heavy atom. The van der Waals surface area contributed by atoms with Crippen LogP contribution in [0.4, 0.5) is 4.79 Å². The highest BCUT2D eigenvalue weighted by molar-refractivity contribution is 6.00. The Labute approximate surface area is 285 Å². The first kappa shape index (κ1) is 33.6. The van der Waals surface area contributed by atoms with Gasteiger partial charge in [0.15, 0.2) is 0 Å². The fraction of sp³-hybridized carbons (Fsp3) is 0.368. The number of aryl methyl sites for hydroxylation is 1. The Hall–Kier alpha value is -5.32. The summed E-state index contributed by atoms with van der Waals surface area (Å²) >= 11 is 0. The lowest BCUT2D eigenvalue weighted by Crippen LogP contribution is -2.58. The molecule has 2 aliphatic heterocycles. The lowest BCUT2D eigenvalue weighted by molar-refractivity contribution is -0.143. The fourth-order valence-electron chi connectivity index (χ4n) is 6.57. The molecule has 11 nitrogen and oxygen atoms in total. The average molecular weight is 664 g/mol. The minimum absolute atomic E-state index is 0.0750. The number of nitrogens with zero attached hydrogens (tertiary/aromatic N) is 4. The zero-order valence-corrected chi connectivity index (χ0v) is 28.0. The molecule has 254 valence electrons. The molecule has 0 aliphatic carbocycles. The van der Waals surface area contributed by atoms with Gasteiger partial charge in [-0.3, -0.25) is 19.3 Å². The van der Waals surface area contributed by atoms with Crippen molar-refractivity contribution in [3.63, 3.8) is 0 Å². The standard InChI is InChI=1S/C38H41N5O6/c1-24(2)33(34(44)36-41-40-32(49-36)20-27-14-9-11-25(3)19-27)39-35(45)30-17-10-18-42(30)37(46)31-21-28-15-7-8-16-29(28)22-43(31)38(47)48-23-26-12-5-4-6-13-26/h4-9,11-16,19,24,30-31,33H,10,17-18,20-23H2,1-3H3,(H,39,45)/t30-,31-,33?/m0/s1. The van der Waals surface area contributed by atoms with Gasteiger partial charge in [-0.05, 0) is 47.9 Å². The van der Waals surface area contributed by atoms with E-state index in [1.807, 2.05) is 99.6 Å². The van der Waals surface area contributed by atoms with Gasteiger partial charge in [0.1, 0.15) is 18.7 Å². The van der Waals surface area contributed by atoms with Crippen LogP contribution in [-0.2, 0) is 40.3 Å². The number of Topliss-reactive ketones (excluding diaryl/α,β-unsaturated/α-hetero) is 1. The topological polar surface area (TPSA) is 135 Å². The van der Waals surface area contributed by atoms with Crippen LogP contribution >= 0.6 is 0 Å². The zero-order valence-electron chi connectivity index (χ0n) is 28.0. The lowest BCUT2D eigenvalue weighted by Gasteiger charge is -2.38. The summed E-state index contributed by atoms with van der Waals surface area (Å²) in [6, 6.07) is 22.4. The van der Waals surface area contributed by atoms with Gasteiger partial charge in [0.05, 0.1) is 19.0 Å². The smallest absolute Gasteiger partial charge is 0.411 e. The van der Waals surface area contributed by atoms with Crippen LogP contribution in [0.3, 0.4) is 0 Å². The fourth-order valence-corrected chi connectivity index (χ4v) is 6.57. The summed E-state index contributed by atoms with van der Waals surface area (Å²) in [4.78, 5) is 58.1. The van der Waals surface area contributed by atoms with Crippen LogP contribution in [0.25, 0.3) is 0 Å². The number of rotatable bonds is 10. The van der Waals surface area contributed by atoms with Crippen molar-refractivity contribution >= 4 is 23.7 Å². The summed E-state index contributed by atoms with van der Waals surface area (Å²) in [6.45, 7) is 6.28. The Balaban J connectivity index is 1.15. The van der Waals surface area contributed by atoms with Crippen molar-refractivity contribution in [2.45, 2.75) is 77.7 Å². The molecule has 3 atom stereocenters. The number of ketones is 1. The summed E-state index contributed by atoms with van der Waals surface area (Å²) in [5, 5.41) is 10.9. The van der Waals surface area contributed by atoms with E-state index in [4.69, 9.17) is 9.15 Å². The van der Waals surface area contributed by atoms with Gasteiger partial charge < -0.3 is 19.4 Å². The first-order valence-corrected chi connectivity index (χ1v) is 16.7. The molecule has 1 N–H and O–H groups in total. The predicted molar refractivity (Wildman–Crippen MR) is 180 cm³/mol. The lowest BCUT2D eigenvalue weighted by atomic mass is 9.93. The molecule has 0 radical (unpaired) electrons. The van der Waals surface area contributed by atoms with Crippen LogP contribution in [0.2, 0.25) is 0 Å². The number of hydrogen-bond acceptors (Lipinski definition) is 8. The largest absolute Gasteiger partial charge is 0.445 e. The van der Waals surface area contributed by atoms with Crippen LogP contribution < -0.4 is 5.32 Å². The molecule has 0 saturated carbocycles. The molecule has 1 aromatic heterocycles. The SMILES string of the molecule is Cc1cccc(Cc2nnc(C(=O)C(NC(=O)[C@@H]3CCCN3C(=O)[C@@H]3Cc4ccccc4CN3C(=O)OCc3ccccc3)C(C)C)o2)c1. The minimum atomic E-state index is -0.941. The molecule has 1 fully saturated rings. The normalized spacial score (nSPS) is 17.8. The predicted octanol–water partition coefficient (Wildman–Crippen LogP) is 5.05. The molecular weight excluding hydrogens is 622 g/mol. The van der Waals surface area contributed by atoms with Crippen molar-refractivity contribution in [2.75, 3.05) is 6.54 Å². The van der Waals surface area contributed by atoms with E-state index in [2.05, 4.69) is 15.5 Å². The van der Waals surface area contributed by atoms with Gasteiger partial charge in [0.25, 0.3) is 5.89 Å². The maximum Gasteiger partial charge on any atom is 0.411 e. The van der Waals surface area contributed by atoms with Gasteiger partial charge >= 0.3 is 6.09 Å². The molecule has 0 spiro atoms. The molecule has 3 aromatic carbocycles. The van der Waals surface area contributed by atoms with Crippen LogP contribution in [0, 0.1) is 12.8 Å². The van der Waals surface area contributed by atoms with E-state index >= 15 is 0 Å². The third kappa shape index (κ3) is 7.72. The highest BCUT2D eigenvalue weighted by atomic mass is 16.6. The number of nitrogens with one attached hydrogen (secondary N) is 1. The molecule has 3 heterocycles. The van der Waals surface area contributed by atoms with Crippen molar-refractivity contribution in [3.8, 4) is 0 Å².